The molecule has 0 amide bonds. The second-order valence-corrected chi connectivity index (χ2v) is 8.83. The van der Waals surface area contributed by atoms with Crippen molar-refractivity contribution in [1.29, 1.82) is 0 Å². The van der Waals surface area contributed by atoms with Crippen LogP contribution in [-0.4, -0.2) is 23.5 Å². The molecule has 0 aliphatic carbocycles. The van der Waals surface area contributed by atoms with Gasteiger partial charge in [0.05, 0.1) is 22.7 Å². The summed E-state index contributed by atoms with van der Waals surface area (Å²) in [5, 5.41) is 3.67. The summed E-state index contributed by atoms with van der Waals surface area (Å²) in [5.41, 5.74) is 8.68. The highest BCUT2D eigenvalue weighted by atomic mass is 15.2. The lowest BCUT2D eigenvalue weighted by atomic mass is 10.2. The number of fused-ring (bicyclic) bond motifs is 8. The quantitative estimate of drug-likeness (QED) is 0.287. The molecular formula is C30H19N5. The summed E-state index contributed by atoms with van der Waals surface area (Å²) in [5.74, 6) is 0. The molecule has 35 heavy (non-hydrogen) atoms. The Hall–Kier alpha value is -4.90. The molecule has 4 aromatic heterocycles. The fourth-order valence-electron chi connectivity index (χ4n) is 5.48. The van der Waals surface area contributed by atoms with Gasteiger partial charge in [0, 0.05) is 39.9 Å². The van der Waals surface area contributed by atoms with Crippen LogP contribution in [0.25, 0.3) is 60.9 Å². The minimum Gasteiger partial charge on any atom is -0.309 e. The highest BCUT2D eigenvalue weighted by Crippen LogP contribution is 2.34. The second-order valence-electron chi connectivity index (χ2n) is 8.83. The van der Waals surface area contributed by atoms with E-state index in [9.17, 15) is 0 Å². The van der Waals surface area contributed by atoms with E-state index in [-0.39, 0.29) is 0 Å². The van der Waals surface area contributed by atoms with Crippen molar-refractivity contribution < 1.29 is 0 Å². The van der Waals surface area contributed by atoms with E-state index < -0.39 is 0 Å². The molecule has 0 radical (unpaired) electrons. The topological polar surface area (TPSA) is 40.0 Å². The maximum Gasteiger partial charge on any atom is 0.157 e. The molecule has 0 fully saturated rings. The molecule has 0 aliphatic rings. The average molecular weight is 450 g/mol. The van der Waals surface area contributed by atoms with Gasteiger partial charge in [0.25, 0.3) is 0 Å². The maximum atomic E-state index is 4.89. The molecule has 8 aromatic rings. The van der Waals surface area contributed by atoms with Gasteiger partial charge in [-0.3, -0.25) is 14.0 Å². The molecule has 0 unspecified atom stereocenters. The van der Waals surface area contributed by atoms with Gasteiger partial charge in [-0.1, -0.05) is 54.6 Å². The second kappa shape index (κ2) is 6.81. The predicted octanol–water partition coefficient (Wildman–Crippen LogP) is 6.92. The Labute approximate surface area is 200 Å². The molecule has 164 valence electrons. The fourth-order valence-corrected chi connectivity index (χ4v) is 5.48. The lowest BCUT2D eigenvalue weighted by Crippen LogP contribution is -1.99. The third kappa shape index (κ3) is 2.47. The van der Waals surface area contributed by atoms with Gasteiger partial charge in [0.15, 0.2) is 11.3 Å². The van der Waals surface area contributed by atoms with E-state index in [2.05, 4.69) is 116 Å². The smallest absolute Gasteiger partial charge is 0.157 e. The van der Waals surface area contributed by atoms with E-state index in [1.807, 2.05) is 18.6 Å². The molecule has 4 aromatic carbocycles. The van der Waals surface area contributed by atoms with Crippen LogP contribution in [0, 0.1) is 0 Å². The molecule has 0 saturated heterocycles. The van der Waals surface area contributed by atoms with Gasteiger partial charge in [0.1, 0.15) is 5.52 Å². The van der Waals surface area contributed by atoms with Crippen LogP contribution in [0.1, 0.15) is 0 Å². The third-order valence-electron chi connectivity index (χ3n) is 6.96. The zero-order valence-electron chi connectivity index (χ0n) is 18.7. The van der Waals surface area contributed by atoms with Crippen molar-refractivity contribution in [3.63, 3.8) is 0 Å². The van der Waals surface area contributed by atoms with Crippen molar-refractivity contribution in [3.8, 4) is 11.4 Å². The van der Waals surface area contributed by atoms with Crippen molar-refractivity contribution >= 4 is 49.5 Å². The first-order chi connectivity index (χ1) is 17.4. The van der Waals surface area contributed by atoms with E-state index in [0.29, 0.717) is 0 Å². The summed E-state index contributed by atoms with van der Waals surface area (Å²) in [7, 11) is 0. The van der Waals surface area contributed by atoms with Gasteiger partial charge in [-0.2, -0.15) is 0 Å². The van der Waals surface area contributed by atoms with Crippen LogP contribution in [0.15, 0.2) is 116 Å². The summed E-state index contributed by atoms with van der Waals surface area (Å²) < 4.78 is 6.75. The minimum absolute atomic E-state index is 0.846. The highest BCUT2D eigenvalue weighted by Gasteiger charge is 2.18. The monoisotopic (exact) mass is 449 g/mol. The number of nitrogens with zero attached hydrogens (tertiary/aromatic N) is 5. The molecule has 0 aliphatic heterocycles. The van der Waals surface area contributed by atoms with Gasteiger partial charge in [-0.25, -0.2) is 4.98 Å². The number of hydrogen-bond donors (Lipinski definition) is 0. The zero-order valence-corrected chi connectivity index (χ0v) is 18.7. The fraction of sp³-hybridized carbons (Fsp3) is 0. The van der Waals surface area contributed by atoms with Crippen molar-refractivity contribution in [2.45, 2.75) is 0 Å². The number of rotatable bonds is 2. The Morgan fingerprint density at radius 3 is 1.74 bits per heavy atom. The summed E-state index contributed by atoms with van der Waals surface area (Å²) in [6, 6.07) is 34.5. The Morgan fingerprint density at radius 1 is 0.543 bits per heavy atom. The van der Waals surface area contributed by atoms with Crippen molar-refractivity contribution in [1.82, 2.24) is 23.5 Å². The molecule has 0 bridgehead atoms. The van der Waals surface area contributed by atoms with Crippen LogP contribution in [0.3, 0.4) is 0 Å². The normalized spacial score (nSPS) is 12.0. The standard InChI is InChI=1S/C30H19N5/c1-4-10-25-22(7-1)23-8-2-5-11-26(23)34(25)20-13-15-21(16-14-20)35-27-12-6-3-9-24(27)29-30(35)33-18-17-31-19-28(33)32-29/h1-19H. The van der Waals surface area contributed by atoms with Crippen LogP contribution in [0.4, 0.5) is 0 Å². The average Bonchev–Trinajstić information content (AvgIpc) is 3.56. The van der Waals surface area contributed by atoms with Crippen LogP contribution >= 0.6 is 0 Å². The molecule has 5 heteroatoms. The predicted molar refractivity (Wildman–Crippen MR) is 142 cm³/mol. The highest BCUT2D eigenvalue weighted by molar-refractivity contribution is 6.09. The van der Waals surface area contributed by atoms with E-state index >= 15 is 0 Å². The number of benzene rings is 4. The van der Waals surface area contributed by atoms with Gasteiger partial charge >= 0.3 is 0 Å². The molecule has 0 N–H and O–H groups in total. The SMILES string of the molecule is c1ccc2c(c1)c1ccccc1n2-c1ccc(-n2c3ccccc3c3nc4cnccn4c32)cc1. The van der Waals surface area contributed by atoms with Crippen molar-refractivity contribution in [3.05, 3.63) is 116 Å². The molecule has 5 nitrogen and oxygen atoms in total. The molecule has 0 spiro atoms. The summed E-state index contributed by atoms with van der Waals surface area (Å²) in [6.07, 6.45) is 5.60. The first-order valence-electron chi connectivity index (χ1n) is 11.7. The summed E-state index contributed by atoms with van der Waals surface area (Å²) in [6.45, 7) is 0. The van der Waals surface area contributed by atoms with Crippen LogP contribution in [0.5, 0.6) is 0 Å². The summed E-state index contributed by atoms with van der Waals surface area (Å²) >= 11 is 0. The van der Waals surface area contributed by atoms with E-state index in [1.54, 1.807) is 0 Å². The summed E-state index contributed by atoms with van der Waals surface area (Å²) in [4.78, 5) is 9.16. The molecule has 8 rings (SSSR count). The first kappa shape index (κ1) is 18.5. The zero-order chi connectivity index (χ0) is 22.9. The van der Waals surface area contributed by atoms with Gasteiger partial charge in [-0.05, 0) is 42.5 Å². The lowest BCUT2D eigenvalue weighted by Gasteiger charge is -2.11. The molecule has 0 saturated carbocycles. The van der Waals surface area contributed by atoms with Gasteiger partial charge in [0.2, 0.25) is 0 Å². The molecular weight excluding hydrogens is 430 g/mol. The third-order valence-corrected chi connectivity index (χ3v) is 6.96. The van der Waals surface area contributed by atoms with Crippen LogP contribution in [0.2, 0.25) is 0 Å². The number of para-hydroxylation sites is 3. The lowest BCUT2D eigenvalue weighted by molar-refractivity contribution is 1.07. The number of aromatic nitrogens is 5. The van der Waals surface area contributed by atoms with Gasteiger partial charge < -0.3 is 4.57 Å². The van der Waals surface area contributed by atoms with Crippen LogP contribution in [-0.2, 0) is 0 Å². The largest absolute Gasteiger partial charge is 0.309 e. The Kier molecular flexibility index (Phi) is 3.60. The van der Waals surface area contributed by atoms with E-state index in [4.69, 9.17) is 4.98 Å². The number of imidazole rings is 1. The Balaban J connectivity index is 1.39. The van der Waals surface area contributed by atoms with E-state index in [1.165, 1.54) is 21.8 Å². The Bertz CT molecular complexity index is 2000. The maximum absolute atomic E-state index is 4.89. The molecule has 0 atom stereocenters. The van der Waals surface area contributed by atoms with Gasteiger partial charge in [-0.15, -0.1) is 0 Å². The van der Waals surface area contributed by atoms with Crippen molar-refractivity contribution in [2.75, 3.05) is 0 Å². The van der Waals surface area contributed by atoms with E-state index in [0.717, 1.165) is 39.1 Å². The van der Waals surface area contributed by atoms with Crippen LogP contribution < -0.4 is 0 Å². The first-order valence-corrected chi connectivity index (χ1v) is 11.7. The molecule has 4 heterocycles. The minimum atomic E-state index is 0.846. The Morgan fingerprint density at radius 2 is 1.09 bits per heavy atom. The van der Waals surface area contributed by atoms with Crippen molar-refractivity contribution in [2.24, 2.45) is 0 Å². The number of hydrogen-bond acceptors (Lipinski definition) is 2.